The largest absolute Gasteiger partial charge is 0.278 e. The SMILES string of the molecule is O=c1[nH]scc1Cc1ccccc1. The van der Waals surface area contributed by atoms with Crippen molar-refractivity contribution >= 4 is 11.5 Å². The topological polar surface area (TPSA) is 32.9 Å². The molecule has 0 fully saturated rings. The van der Waals surface area contributed by atoms with Crippen molar-refractivity contribution in [1.82, 2.24) is 4.37 Å². The monoisotopic (exact) mass is 191 g/mol. The Bertz CT molecular complexity index is 429. The fourth-order valence-electron chi connectivity index (χ4n) is 1.21. The first-order valence-corrected chi connectivity index (χ1v) is 4.93. The Hall–Kier alpha value is -1.35. The van der Waals surface area contributed by atoms with Gasteiger partial charge in [0.25, 0.3) is 5.56 Å². The Morgan fingerprint density at radius 3 is 2.62 bits per heavy atom. The average molecular weight is 191 g/mol. The number of H-pyrrole nitrogens is 1. The molecule has 0 spiro atoms. The lowest BCUT2D eigenvalue weighted by Crippen LogP contribution is -2.04. The standard InChI is InChI=1S/C10H9NOS/c12-10-9(7-13-11-10)6-8-4-2-1-3-5-8/h1-5,7H,6H2,(H,11,12). The van der Waals surface area contributed by atoms with Gasteiger partial charge in [0.2, 0.25) is 0 Å². The lowest BCUT2D eigenvalue weighted by molar-refractivity contribution is 1.16. The van der Waals surface area contributed by atoms with Crippen molar-refractivity contribution < 1.29 is 0 Å². The molecular weight excluding hydrogens is 182 g/mol. The smallest absolute Gasteiger partial charge is 0.261 e. The molecule has 2 aromatic rings. The van der Waals surface area contributed by atoms with Gasteiger partial charge in [-0.2, -0.15) is 0 Å². The number of hydrogen-bond acceptors (Lipinski definition) is 2. The third kappa shape index (κ3) is 1.87. The van der Waals surface area contributed by atoms with Crippen LogP contribution in [0.4, 0.5) is 0 Å². The molecule has 3 heteroatoms. The highest BCUT2D eigenvalue weighted by Crippen LogP contribution is 2.06. The maximum absolute atomic E-state index is 11.2. The van der Waals surface area contributed by atoms with Crippen LogP contribution < -0.4 is 5.56 Å². The van der Waals surface area contributed by atoms with E-state index in [1.54, 1.807) is 0 Å². The summed E-state index contributed by atoms with van der Waals surface area (Å²) in [7, 11) is 0. The number of aromatic nitrogens is 1. The highest BCUT2D eigenvalue weighted by atomic mass is 32.1. The molecule has 0 amide bonds. The second-order valence-corrected chi connectivity index (χ2v) is 3.53. The van der Waals surface area contributed by atoms with Crippen molar-refractivity contribution in [2.75, 3.05) is 0 Å². The fourth-order valence-corrected chi connectivity index (χ4v) is 1.84. The minimum Gasteiger partial charge on any atom is -0.278 e. The number of benzene rings is 1. The first-order valence-electron chi connectivity index (χ1n) is 4.05. The number of nitrogens with one attached hydrogen (secondary N) is 1. The first-order chi connectivity index (χ1) is 6.36. The van der Waals surface area contributed by atoms with E-state index in [1.807, 2.05) is 35.7 Å². The average Bonchev–Trinajstić information content (AvgIpc) is 2.54. The predicted octanol–water partition coefficient (Wildman–Crippen LogP) is 2.03. The third-order valence-electron chi connectivity index (χ3n) is 1.88. The van der Waals surface area contributed by atoms with Gasteiger partial charge in [-0.25, -0.2) is 0 Å². The summed E-state index contributed by atoms with van der Waals surface area (Å²) in [6.45, 7) is 0. The number of aromatic amines is 1. The molecule has 2 nitrogen and oxygen atoms in total. The normalized spacial score (nSPS) is 10.2. The predicted molar refractivity (Wildman–Crippen MR) is 54.2 cm³/mol. The fraction of sp³-hybridized carbons (Fsp3) is 0.100. The molecule has 0 unspecified atom stereocenters. The first kappa shape index (κ1) is 8.26. The lowest BCUT2D eigenvalue weighted by Gasteiger charge is -1.95. The summed E-state index contributed by atoms with van der Waals surface area (Å²) >= 11 is 1.35. The van der Waals surface area contributed by atoms with Crippen molar-refractivity contribution in [3.8, 4) is 0 Å². The minimum absolute atomic E-state index is 0.0360. The van der Waals surface area contributed by atoms with Gasteiger partial charge in [-0.3, -0.25) is 9.17 Å². The van der Waals surface area contributed by atoms with Gasteiger partial charge in [-0.1, -0.05) is 41.9 Å². The molecule has 0 aliphatic carbocycles. The zero-order valence-corrected chi connectivity index (χ0v) is 7.80. The summed E-state index contributed by atoms with van der Waals surface area (Å²) in [5, 5.41) is 1.87. The van der Waals surface area contributed by atoms with Crippen molar-refractivity contribution in [3.05, 3.63) is 57.2 Å². The molecule has 0 atom stereocenters. The van der Waals surface area contributed by atoms with E-state index in [2.05, 4.69) is 4.37 Å². The zero-order chi connectivity index (χ0) is 9.10. The van der Waals surface area contributed by atoms with Crippen LogP contribution in [0.15, 0.2) is 40.5 Å². The van der Waals surface area contributed by atoms with Gasteiger partial charge in [-0.15, -0.1) is 0 Å². The molecule has 0 aliphatic heterocycles. The van der Waals surface area contributed by atoms with Gasteiger partial charge < -0.3 is 0 Å². The Kier molecular flexibility index (Phi) is 2.27. The van der Waals surface area contributed by atoms with Gasteiger partial charge in [0, 0.05) is 17.4 Å². The summed E-state index contributed by atoms with van der Waals surface area (Å²) in [5.74, 6) is 0. The van der Waals surface area contributed by atoms with Crippen LogP contribution in [0.5, 0.6) is 0 Å². The van der Waals surface area contributed by atoms with Crippen molar-refractivity contribution in [2.24, 2.45) is 0 Å². The molecular formula is C10H9NOS. The number of rotatable bonds is 2. The Balaban J connectivity index is 2.25. The number of hydrogen-bond donors (Lipinski definition) is 1. The quantitative estimate of drug-likeness (QED) is 0.774. The molecule has 0 bridgehead atoms. The van der Waals surface area contributed by atoms with E-state index in [0.29, 0.717) is 0 Å². The van der Waals surface area contributed by atoms with Crippen LogP contribution in [0.1, 0.15) is 11.1 Å². The van der Waals surface area contributed by atoms with Crippen LogP contribution in [0.3, 0.4) is 0 Å². The molecule has 1 aromatic heterocycles. The van der Waals surface area contributed by atoms with Crippen LogP contribution >= 0.6 is 11.5 Å². The van der Waals surface area contributed by atoms with Crippen molar-refractivity contribution in [3.63, 3.8) is 0 Å². The van der Waals surface area contributed by atoms with E-state index in [9.17, 15) is 4.79 Å². The van der Waals surface area contributed by atoms with Crippen molar-refractivity contribution in [1.29, 1.82) is 0 Å². The van der Waals surface area contributed by atoms with Crippen LogP contribution in [-0.2, 0) is 6.42 Å². The van der Waals surface area contributed by atoms with Crippen LogP contribution in [0.25, 0.3) is 0 Å². The summed E-state index contributed by atoms with van der Waals surface area (Å²) in [4.78, 5) is 11.2. The van der Waals surface area contributed by atoms with E-state index in [4.69, 9.17) is 0 Å². The van der Waals surface area contributed by atoms with Gasteiger partial charge in [0.1, 0.15) is 0 Å². The van der Waals surface area contributed by atoms with Crippen LogP contribution in [0, 0.1) is 0 Å². The van der Waals surface area contributed by atoms with E-state index >= 15 is 0 Å². The minimum atomic E-state index is 0.0360. The van der Waals surface area contributed by atoms with Crippen LogP contribution in [0.2, 0.25) is 0 Å². The summed E-state index contributed by atoms with van der Waals surface area (Å²) in [5.41, 5.74) is 2.05. The van der Waals surface area contributed by atoms with Crippen LogP contribution in [-0.4, -0.2) is 4.37 Å². The van der Waals surface area contributed by atoms with Gasteiger partial charge in [0.05, 0.1) is 0 Å². The Labute approximate surface area is 80.0 Å². The molecule has 0 saturated heterocycles. The van der Waals surface area contributed by atoms with E-state index < -0.39 is 0 Å². The molecule has 1 N–H and O–H groups in total. The van der Waals surface area contributed by atoms with Gasteiger partial charge in [0.15, 0.2) is 0 Å². The molecule has 0 aliphatic rings. The second-order valence-electron chi connectivity index (χ2n) is 2.85. The molecule has 1 heterocycles. The molecule has 2 rings (SSSR count). The summed E-state index contributed by atoms with van der Waals surface area (Å²) in [6.07, 6.45) is 0.722. The highest BCUT2D eigenvalue weighted by molar-refractivity contribution is 7.03. The Morgan fingerprint density at radius 2 is 2.00 bits per heavy atom. The zero-order valence-electron chi connectivity index (χ0n) is 6.99. The van der Waals surface area contributed by atoms with E-state index in [0.717, 1.165) is 12.0 Å². The molecule has 0 saturated carbocycles. The third-order valence-corrected chi connectivity index (χ3v) is 2.59. The molecule has 0 radical (unpaired) electrons. The summed E-state index contributed by atoms with van der Waals surface area (Å²) < 4.78 is 2.67. The van der Waals surface area contributed by atoms with Gasteiger partial charge >= 0.3 is 0 Å². The highest BCUT2D eigenvalue weighted by Gasteiger charge is 2.00. The maximum Gasteiger partial charge on any atom is 0.261 e. The maximum atomic E-state index is 11.2. The summed E-state index contributed by atoms with van der Waals surface area (Å²) in [6, 6.07) is 9.99. The van der Waals surface area contributed by atoms with Gasteiger partial charge in [-0.05, 0) is 5.56 Å². The Morgan fingerprint density at radius 1 is 1.23 bits per heavy atom. The molecule has 1 aromatic carbocycles. The van der Waals surface area contributed by atoms with E-state index in [-0.39, 0.29) is 5.56 Å². The van der Waals surface area contributed by atoms with Crippen molar-refractivity contribution in [2.45, 2.75) is 6.42 Å². The lowest BCUT2D eigenvalue weighted by atomic mass is 10.1. The molecule has 13 heavy (non-hydrogen) atoms. The molecule has 66 valence electrons. The van der Waals surface area contributed by atoms with E-state index in [1.165, 1.54) is 17.1 Å². The second kappa shape index (κ2) is 3.58.